The number of alkyl halides is 6. The van der Waals surface area contributed by atoms with Crippen molar-refractivity contribution in [2.45, 2.75) is 44.6 Å². The minimum absolute atomic E-state index is 0.195. The average Bonchev–Trinajstić information content (AvgIpc) is 3.51. The highest BCUT2D eigenvalue weighted by atomic mass is 19.4. The molecule has 0 amide bonds. The third kappa shape index (κ3) is 9.66. The third-order valence-corrected chi connectivity index (χ3v) is 5.27. The second kappa shape index (κ2) is 12.9. The Kier molecular flexibility index (Phi) is 10.5. The summed E-state index contributed by atoms with van der Waals surface area (Å²) in [6.07, 6.45) is -8.17. The summed E-state index contributed by atoms with van der Waals surface area (Å²) in [6, 6.07) is 10.4. The summed E-state index contributed by atoms with van der Waals surface area (Å²) in [4.78, 5) is 24.6. The molecule has 0 aromatic carbocycles. The van der Waals surface area contributed by atoms with Crippen LogP contribution < -0.4 is 0 Å². The molecular weight excluding hydrogens is 518 g/mol. The number of ether oxygens (including phenoxy) is 2. The first kappa shape index (κ1) is 30.1. The van der Waals surface area contributed by atoms with Crippen molar-refractivity contribution in [1.82, 2.24) is 9.88 Å². The maximum atomic E-state index is 10.6. The van der Waals surface area contributed by atoms with Gasteiger partial charge in [-0.15, -0.1) is 0 Å². The molecule has 2 aromatic rings. The van der Waals surface area contributed by atoms with Crippen molar-refractivity contribution in [3.8, 4) is 0 Å². The Bertz CT molecular complexity index is 989. The number of rotatable bonds is 5. The van der Waals surface area contributed by atoms with E-state index in [1.807, 2.05) is 31.2 Å². The zero-order chi connectivity index (χ0) is 27.8. The van der Waals surface area contributed by atoms with Crippen molar-refractivity contribution in [3.05, 3.63) is 53.7 Å². The number of carboxylic acid groups (broad SMARTS) is 2. The number of aliphatic carboxylic acids is 2. The van der Waals surface area contributed by atoms with Crippen LogP contribution in [0.15, 0.2) is 40.9 Å². The summed E-state index contributed by atoms with van der Waals surface area (Å²) in [5.41, 5.74) is 0.975. The molecule has 4 rings (SSSR count). The second-order valence-electron chi connectivity index (χ2n) is 7.99. The van der Waals surface area contributed by atoms with E-state index in [2.05, 4.69) is 16.0 Å². The Balaban J connectivity index is 0.000000286. The molecule has 2 saturated heterocycles. The molecule has 0 saturated carbocycles. The predicted molar refractivity (Wildman–Crippen MR) is 112 cm³/mol. The lowest BCUT2D eigenvalue weighted by Crippen LogP contribution is -2.32. The summed E-state index contributed by atoms with van der Waals surface area (Å²) in [7, 11) is 0. The molecule has 2 aliphatic heterocycles. The van der Waals surface area contributed by atoms with E-state index in [1.165, 1.54) is 0 Å². The number of carboxylic acids is 2. The average molecular weight is 542 g/mol. The monoisotopic (exact) mass is 542 g/mol. The number of likely N-dealkylation sites (tertiary alicyclic amines) is 1. The minimum atomic E-state index is -5.08. The molecule has 3 atom stereocenters. The molecule has 2 N–H and O–H groups in total. The van der Waals surface area contributed by atoms with Crippen LogP contribution in [0.4, 0.5) is 26.3 Å². The Hall–Kier alpha value is -3.17. The van der Waals surface area contributed by atoms with Gasteiger partial charge < -0.3 is 24.1 Å². The highest BCUT2D eigenvalue weighted by Gasteiger charge is 2.46. The van der Waals surface area contributed by atoms with Gasteiger partial charge in [0.1, 0.15) is 11.5 Å². The molecule has 37 heavy (non-hydrogen) atoms. The number of hydrogen-bond donors (Lipinski definition) is 2. The van der Waals surface area contributed by atoms with Gasteiger partial charge in [0.15, 0.2) is 0 Å². The molecule has 2 aromatic heterocycles. The predicted octanol–water partition coefficient (Wildman–Crippen LogP) is 3.67. The fourth-order valence-corrected chi connectivity index (χ4v) is 3.60. The molecule has 206 valence electrons. The van der Waals surface area contributed by atoms with E-state index >= 15 is 0 Å². The van der Waals surface area contributed by atoms with E-state index in [-0.39, 0.29) is 6.10 Å². The van der Waals surface area contributed by atoms with Gasteiger partial charge in [-0.05, 0) is 31.2 Å². The van der Waals surface area contributed by atoms with Gasteiger partial charge in [-0.3, -0.25) is 9.88 Å². The van der Waals surface area contributed by atoms with E-state index in [9.17, 15) is 26.3 Å². The van der Waals surface area contributed by atoms with Crippen LogP contribution in [0.2, 0.25) is 0 Å². The normalized spacial score (nSPS) is 21.3. The standard InChI is InChI=1S/C18H22N2O3.2C2HF3O2/c1-13-5-6-15(23-13)8-20-9-18(16-11-21-12-17(16)20)22-10-14-4-2-3-7-19-14;2*3-2(4,5)1(6)7/h2-7,16-18H,8-12H2,1H3;2*(H,6,7)/t16-,17+,18+;;/m0../s1. The molecular formula is C22H24F6N2O7. The van der Waals surface area contributed by atoms with Crippen LogP contribution in [0.5, 0.6) is 0 Å². The summed E-state index contributed by atoms with van der Waals surface area (Å²) in [6.45, 7) is 5.85. The number of pyridine rings is 1. The fourth-order valence-electron chi connectivity index (χ4n) is 3.60. The van der Waals surface area contributed by atoms with Crippen LogP contribution >= 0.6 is 0 Å². The minimum Gasteiger partial charge on any atom is -0.475 e. The van der Waals surface area contributed by atoms with Crippen LogP contribution in [-0.4, -0.2) is 76.3 Å². The van der Waals surface area contributed by atoms with E-state index in [1.54, 1.807) is 6.20 Å². The maximum Gasteiger partial charge on any atom is 0.490 e. The Labute approximate surface area is 206 Å². The van der Waals surface area contributed by atoms with Crippen molar-refractivity contribution in [1.29, 1.82) is 0 Å². The van der Waals surface area contributed by atoms with E-state index in [4.69, 9.17) is 33.7 Å². The molecule has 0 radical (unpaired) electrons. The summed E-state index contributed by atoms with van der Waals surface area (Å²) in [5.74, 6) is -3.10. The number of nitrogens with zero attached hydrogens (tertiary/aromatic N) is 2. The van der Waals surface area contributed by atoms with Crippen LogP contribution in [0.1, 0.15) is 17.2 Å². The number of furan rings is 1. The summed E-state index contributed by atoms with van der Waals surface area (Å²) >= 11 is 0. The van der Waals surface area contributed by atoms with Gasteiger partial charge >= 0.3 is 24.3 Å². The largest absolute Gasteiger partial charge is 0.490 e. The first-order valence-electron chi connectivity index (χ1n) is 10.7. The first-order chi connectivity index (χ1) is 17.2. The number of halogens is 6. The number of aryl methyl sites for hydroxylation is 1. The number of fused-ring (bicyclic) bond motifs is 1. The first-order valence-corrected chi connectivity index (χ1v) is 10.7. The smallest absolute Gasteiger partial charge is 0.475 e. The van der Waals surface area contributed by atoms with Crippen molar-refractivity contribution in [3.63, 3.8) is 0 Å². The van der Waals surface area contributed by atoms with Crippen LogP contribution in [0.25, 0.3) is 0 Å². The van der Waals surface area contributed by atoms with Gasteiger partial charge in [0.2, 0.25) is 0 Å². The lowest BCUT2D eigenvalue weighted by Gasteiger charge is -2.20. The number of carbonyl (C=O) groups is 2. The molecule has 0 bridgehead atoms. The van der Waals surface area contributed by atoms with Gasteiger partial charge in [-0.2, -0.15) is 26.3 Å². The molecule has 0 spiro atoms. The lowest BCUT2D eigenvalue weighted by molar-refractivity contribution is -0.193. The van der Waals surface area contributed by atoms with Crippen LogP contribution in [0.3, 0.4) is 0 Å². The molecule has 0 aliphatic carbocycles. The van der Waals surface area contributed by atoms with Crippen molar-refractivity contribution in [2.75, 3.05) is 19.8 Å². The van der Waals surface area contributed by atoms with Crippen LogP contribution in [0, 0.1) is 12.8 Å². The molecule has 2 aliphatic rings. The van der Waals surface area contributed by atoms with Gasteiger partial charge in [-0.1, -0.05) is 6.07 Å². The highest BCUT2D eigenvalue weighted by molar-refractivity contribution is 5.73. The Morgan fingerprint density at radius 1 is 1.05 bits per heavy atom. The van der Waals surface area contributed by atoms with Crippen molar-refractivity contribution >= 4 is 11.9 Å². The Morgan fingerprint density at radius 3 is 2.16 bits per heavy atom. The number of hydrogen-bond acceptors (Lipinski definition) is 7. The highest BCUT2D eigenvalue weighted by Crippen LogP contribution is 2.33. The third-order valence-electron chi connectivity index (χ3n) is 5.27. The van der Waals surface area contributed by atoms with Gasteiger partial charge in [0.05, 0.1) is 38.2 Å². The van der Waals surface area contributed by atoms with Gasteiger partial charge in [0.25, 0.3) is 0 Å². The molecule has 15 heteroatoms. The summed E-state index contributed by atoms with van der Waals surface area (Å²) < 4.78 is 81.1. The van der Waals surface area contributed by atoms with Gasteiger partial charge in [0, 0.05) is 24.7 Å². The number of aromatic nitrogens is 1. The van der Waals surface area contributed by atoms with Crippen molar-refractivity contribution in [2.24, 2.45) is 5.92 Å². The van der Waals surface area contributed by atoms with Crippen molar-refractivity contribution < 1.29 is 60.0 Å². The molecule has 2 fully saturated rings. The molecule has 0 unspecified atom stereocenters. The van der Waals surface area contributed by atoms with Gasteiger partial charge in [-0.25, -0.2) is 9.59 Å². The summed E-state index contributed by atoms with van der Waals surface area (Å²) in [5, 5.41) is 14.2. The quantitative estimate of drug-likeness (QED) is 0.545. The maximum absolute atomic E-state index is 10.6. The van der Waals surface area contributed by atoms with E-state index in [0.29, 0.717) is 18.6 Å². The zero-order valence-electron chi connectivity index (χ0n) is 19.3. The zero-order valence-corrected chi connectivity index (χ0v) is 19.3. The van der Waals surface area contributed by atoms with Crippen LogP contribution in [-0.2, 0) is 32.2 Å². The molecule has 9 nitrogen and oxygen atoms in total. The fraction of sp³-hybridized carbons (Fsp3) is 0.500. The Morgan fingerprint density at radius 2 is 1.68 bits per heavy atom. The SMILES string of the molecule is Cc1ccc(CN2C[C@@H](OCc3ccccn3)[C@H]3COC[C@H]32)o1.O=C(O)C(F)(F)F.O=C(O)C(F)(F)F. The second-order valence-corrected chi connectivity index (χ2v) is 7.99. The van der Waals surface area contributed by atoms with E-state index in [0.717, 1.165) is 43.5 Å². The lowest BCUT2D eigenvalue weighted by atomic mass is 10.0. The molecule has 4 heterocycles. The van der Waals surface area contributed by atoms with E-state index < -0.39 is 24.3 Å². The topological polar surface area (TPSA) is 122 Å².